The van der Waals surface area contributed by atoms with Crippen molar-refractivity contribution >= 4 is 0 Å². The van der Waals surface area contributed by atoms with Crippen LogP contribution in [0.4, 0.5) is 0 Å². The molecular weight excluding hydrogens is 198 g/mol. The van der Waals surface area contributed by atoms with Gasteiger partial charge in [-0.3, -0.25) is 0 Å². The van der Waals surface area contributed by atoms with E-state index >= 15 is 0 Å². The molecule has 0 amide bonds. The lowest BCUT2D eigenvalue weighted by Gasteiger charge is -2.34. The highest BCUT2D eigenvalue weighted by Gasteiger charge is 2.44. The van der Waals surface area contributed by atoms with E-state index < -0.39 is 0 Å². The van der Waals surface area contributed by atoms with Crippen molar-refractivity contribution in [2.24, 2.45) is 5.92 Å². The highest BCUT2D eigenvalue weighted by molar-refractivity contribution is 5.15. The van der Waals surface area contributed by atoms with Gasteiger partial charge in [-0.1, -0.05) is 12.8 Å². The third-order valence-corrected chi connectivity index (χ3v) is 4.24. The van der Waals surface area contributed by atoms with Gasteiger partial charge in [0.05, 0.1) is 12.5 Å². The van der Waals surface area contributed by atoms with Crippen molar-refractivity contribution in [2.45, 2.75) is 50.5 Å². The van der Waals surface area contributed by atoms with E-state index in [2.05, 4.69) is 11.4 Å². The summed E-state index contributed by atoms with van der Waals surface area (Å²) >= 11 is 0. The van der Waals surface area contributed by atoms with Gasteiger partial charge < -0.3 is 9.73 Å². The summed E-state index contributed by atoms with van der Waals surface area (Å²) in [6, 6.07) is 2.12. The Morgan fingerprint density at radius 1 is 1.31 bits per heavy atom. The number of nitrogens with one attached hydrogen (secondary N) is 1. The van der Waals surface area contributed by atoms with Crippen LogP contribution in [0.5, 0.6) is 0 Å². The maximum atomic E-state index is 5.20. The maximum absolute atomic E-state index is 5.20. The predicted octanol–water partition coefficient (Wildman–Crippen LogP) is 3.13. The molecule has 1 aliphatic heterocycles. The zero-order valence-electron chi connectivity index (χ0n) is 9.87. The van der Waals surface area contributed by atoms with Gasteiger partial charge in [-0.25, -0.2) is 0 Å². The van der Waals surface area contributed by atoms with Crippen LogP contribution < -0.4 is 5.32 Å². The zero-order valence-corrected chi connectivity index (χ0v) is 9.87. The Morgan fingerprint density at radius 3 is 3.00 bits per heavy atom. The Hall–Kier alpha value is -0.760. The second kappa shape index (κ2) is 4.25. The molecule has 0 spiro atoms. The lowest BCUT2D eigenvalue weighted by molar-refractivity contribution is 0.270. The van der Waals surface area contributed by atoms with Crippen molar-refractivity contribution in [3.05, 3.63) is 24.2 Å². The summed E-state index contributed by atoms with van der Waals surface area (Å²) in [4.78, 5) is 0. The Kier molecular flexibility index (Phi) is 2.76. The van der Waals surface area contributed by atoms with Crippen LogP contribution in [0.3, 0.4) is 0 Å². The van der Waals surface area contributed by atoms with Gasteiger partial charge in [0.25, 0.3) is 0 Å². The van der Waals surface area contributed by atoms with E-state index in [1.54, 1.807) is 6.26 Å². The Labute approximate surface area is 97.4 Å². The molecule has 1 aliphatic carbocycles. The molecule has 2 aliphatic rings. The van der Waals surface area contributed by atoms with Crippen LogP contribution in [-0.4, -0.2) is 12.1 Å². The van der Waals surface area contributed by atoms with Crippen LogP contribution in [0.1, 0.15) is 44.1 Å². The fraction of sp³-hybridized carbons (Fsp3) is 0.714. The molecule has 0 aromatic carbocycles. The van der Waals surface area contributed by atoms with Gasteiger partial charge in [-0.2, -0.15) is 0 Å². The zero-order chi connectivity index (χ0) is 10.8. The summed E-state index contributed by atoms with van der Waals surface area (Å²) in [5, 5.41) is 3.85. The van der Waals surface area contributed by atoms with Crippen molar-refractivity contribution in [3.8, 4) is 0 Å². The fourth-order valence-electron chi connectivity index (χ4n) is 3.21. The average Bonchev–Trinajstić information content (AvgIpc) is 3.05. The quantitative estimate of drug-likeness (QED) is 0.845. The molecule has 1 N–H and O–H groups in total. The first-order valence-electron chi connectivity index (χ1n) is 6.65. The molecule has 1 atom stereocenters. The van der Waals surface area contributed by atoms with Gasteiger partial charge in [0.15, 0.2) is 0 Å². The van der Waals surface area contributed by atoms with Crippen molar-refractivity contribution in [3.63, 3.8) is 0 Å². The molecule has 2 heteroatoms. The second-order valence-electron chi connectivity index (χ2n) is 5.48. The summed E-state index contributed by atoms with van der Waals surface area (Å²) < 4.78 is 5.20. The summed E-state index contributed by atoms with van der Waals surface area (Å²) in [7, 11) is 0. The van der Waals surface area contributed by atoms with Crippen LogP contribution in [0.25, 0.3) is 0 Å². The predicted molar refractivity (Wildman–Crippen MR) is 64.3 cm³/mol. The highest BCUT2D eigenvalue weighted by atomic mass is 16.3. The summed E-state index contributed by atoms with van der Waals surface area (Å²) in [5.41, 5.74) is 1.75. The fourth-order valence-corrected chi connectivity index (χ4v) is 3.21. The minimum Gasteiger partial charge on any atom is -0.472 e. The van der Waals surface area contributed by atoms with E-state index in [-0.39, 0.29) is 0 Å². The van der Waals surface area contributed by atoms with Crippen LogP contribution in [-0.2, 0) is 6.42 Å². The lowest BCUT2D eigenvalue weighted by atomic mass is 9.83. The molecule has 88 valence electrons. The van der Waals surface area contributed by atoms with Gasteiger partial charge in [0.1, 0.15) is 0 Å². The van der Waals surface area contributed by atoms with Crippen molar-refractivity contribution in [2.75, 3.05) is 6.54 Å². The number of hydrogen-bond acceptors (Lipinski definition) is 2. The number of hydrogen-bond donors (Lipinski definition) is 1. The van der Waals surface area contributed by atoms with Crippen LogP contribution >= 0.6 is 0 Å². The van der Waals surface area contributed by atoms with Crippen LogP contribution in [0.2, 0.25) is 0 Å². The molecule has 1 aromatic rings. The largest absolute Gasteiger partial charge is 0.472 e. The molecular formula is C14H21NO. The van der Waals surface area contributed by atoms with Crippen molar-refractivity contribution in [1.82, 2.24) is 5.32 Å². The van der Waals surface area contributed by atoms with Gasteiger partial charge in [-0.15, -0.1) is 0 Å². The standard InChI is InChI=1S/C14H21NO/c1-2-7-14(13-4-5-13,15-8-3-1)10-12-6-9-16-11-12/h6,9,11,13,15H,1-5,7-8,10H2. The normalized spacial score (nSPS) is 31.2. The summed E-state index contributed by atoms with van der Waals surface area (Å²) in [6.45, 7) is 1.20. The van der Waals surface area contributed by atoms with E-state index in [1.165, 1.54) is 50.6 Å². The van der Waals surface area contributed by atoms with E-state index in [9.17, 15) is 0 Å². The lowest BCUT2D eigenvalue weighted by Crippen LogP contribution is -2.48. The first kappa shape index (κ1) is 10.4. The highest BCUT2D eigenvalue weighted by Crippen LogP contribution is 2.45. The van der Waals surface area contributed by atoms with Crippen LogP contribution in [0, 0.1) is 5.92 Å². The third kappa shape index (κ3) is 2.03. The van der Waals surface area contributed by atoms with Crippen LogP contribution in [0.15, 0.2) is 23.0 Å². The van der Waals surface area contributed by atoms with Crippen molar-refractivity contribution in [1.29, 1.82) is 0 Å². The SMILES string of the molecule is c1cc(CC2(C3CC3)CCCCCN2)co1. The van der Waals surface area contributed by atoms with Gasteiger partial charge >= 0.3 is 0 Å². The smallest absolute Gasteiger partial charge is 0.0935 e. The molecule has 0 radical (unpaired) electrons. The molecule has 1 saturated heterocycles. The molecule has 1 unspecified atom stereocenters. The van der Waals surface area contributed by atoms with Gasteiger partial charge in [0.2, 0.25) is 0 Å². The monoisotopic (exact) mass is 219 g/mol. The van der Waals surface area contributed by atoms with E-state index in [0.717, 1.165) is 12.3 Å². The topological polar surface area (TPSA) is 25.2 Å². The Balaban J connectivity index is 1.78. The molecule has 3 rings (SSSR count). The van der Waals surface area contributed by atoms with Crippen molar-refractivity contribution < 1.29 is 4.42 Å². The molecule has 1 aromatic heterocycles. The van der Waals surface area contributed by atoms with Gasteiger partial charge in [0, 0.05) is 5.54 Å². The van der Waals surface area contributed by atoms with E-state index in [4.69, 9.17) is 4.42 Å². The third-order valence-electron chi connectivity index (χ3n) is 4.24. The molecule has 0 bridgehead atoms. The Bertz CT molecular complexity index is 319. The maximum Gasteiger partial charge on any atom is 0.0935 e. The minimum absolute atomic E-state index is 0.389. The van der Waals surface area contributed by atoms with Gasteiger partial charge in [-0.05, 0) is 56.2 Å². The Morgan fingerprint density at radius 2 is 2.25 bits per heavy atom. The minimum atomic E-state index is 0.389. The number of rotatable bonds is 3. The molecule has 1 saturated carbocycles. The van der Waals surface area contributed by atoms with E-state index in [1.807, 2.05) is 6.26 Å². The first-order valence-corrected chi connectivity index (χ1v) is 6.65. The summed E-state index contributed by atoms with van der Waals surface area (Å²) in [5.74, 6) is 0.917. The molecule has 16 heavy (non-hydrogen) atoms. The second-order valence-corrected chi connectivity index (χ2v) is 5.48. The number of furan rings is 1. The molecule has 2 fully saturated rings. The van der Waals surface area contributed by atoms with E-state index in [0.29, 0.717) is 5.54 Å². The molecule has 2 heterocycles. The molecule has 2 nitrogen and oxygen atoms in total. The average molecular weight is 219 g/mol. The first-order chi connectivity index (χ1) is 7.89. The summed E-state index contributed by atoms with van der Waals surface area (Å²) in [6.07, 6.45) is 13.2.